The van der Waals surface area contributed by atoms with E-state index in [9.17, 15) is 22.8 Å². The summed E-state index contributed by atoms with van der Waals surface area (Å²) in [6.45, 7) is 0. The van der Waals surface area contributed by atoms with E-state index in [1.165, 1.54) is 7.05 Å². The fraction of sp³-hybridized carbons (Fsp3) is 0.250. The normalized spacial score (nSPS) is 11.5. The van der Waals surface area contributed by atoms with Gasteiger partial charge in [-0.15, -0.1) is 0 Å². The highest BCUT2D eigenvalue weighted by molar-refractivity contribution is 5.94. The highest BCUT2D eigenvalue weighted by atomic mass is 19.4. The maximum Gasteiger partial charge on any atom is 0.417 e. The fourth-order valence-electron chi connectivity index (χ4n) is 1.06. The minimum Gasteiger partial charge on any atom is -0.366 e. The molecule has 2 N–H and O–H groups in total. The van der Waals surface area contributed by atoms with Gasteiger partial charge in [-0.2, -0.15) is 13.2 Å². The number of primary amides is 1. The summed E-state index contributed by atoms with van der Waals surface area (Å²) < 4.78 is 37.9. The molecule has 0 radical (unpaired) electrons. The predicted octanol–water partition coefficient (Wildman–Crippen LogP) is 0.503. The number of pyridine rings is 1. The third kappa shape index (κ3) is 2.17. The minimum absolute atomic E-state index is 0.347. The molecule has 1 aromatic rings. The fourth-order valence-corrected chi connectivity index (χ4v) is 1.06. The van der Waals surface area contributed by atoms with Gasteiger partial charge in [0.05, 0.1) is 11.1 Å². The van der Waals surface area contributed by atoms with Crippen LogP contribution in [-0.2, 0) is 13.2 Å². The monoisotopic (exact) mass is 220 g/mol. The number of amides is 1. The molecule has 0 aliphatic rings. The maximum absolute atomic E-state index is 12.4. The Morgan fingerprint density at radius 1 is 1.47 bits per heavy atom. The van der Waals surface area contributed by atoms with Gasteiger partial charge >= 0.3 is 6.18 Å². The summed E-state index contributed by atoms with van der Waals surface area (Å²) in [7, 11) is 1.23. The van der Waals surface area contributed by atoms with E-state index in [-0.39, 0.29) is 0 Å². The van der Waals surface area contributed by atoms with Crippen molar-refractivity contribution in [1.29, 1.82) is 0 Å². The molecule has 15 heavy (non-hydrogen) atoms. The molecule has 0 saturated carbocycles. The molecular formula is C8H7F3N2O2. The Hall–Kier alpha value is -1.79. The molecule has 1 heterocycles. The molecule has 0 atom stereocenters. The van der Waals surface area contributed by atoms with Gasteiger partial charge in [-0.05, 0) is 0 Å². The molecular weight excluding hydrogens is 213 g/mol. The number of rotatable bonds is 1. The van der Waals surface area contributed by atoms with Gasteiger partial charge in [-0.1, -0.05) is 0 Å². The second-order valence-corrected chi connectivity index (χ2v) is 2.91. The Bertz CT molecular complexity index is 462. The van der Waals surface area contributed by atoms with Crippen molar-refractivity contribution in [2.24, 2.45) is 12.8 Å². The van der Waals surface area contributed by atoms with Crippen LogP contribution in [0.3, 0.4) is 0 Å². The Kier molecular flexibility index (Phi) is 2.57. The first-order valence-electron chi connectivity index (χ1n) is 3.81. The molecule has 1 rings (SSSR count). The van der Waals surface area contributed by atoms with Crippen molar-refractivity contribution in [3.05, 3.63) is 33.7 Å². The zero-order valence-corrected chi connectivity index (χ0v) is 7.63. The summed E-state index contributed by atoms with van der Waals surface area (Å²) in [6.07, 6.45) is -3.99. The Balaban J connectivity index is 3.56. The van der Waals surface area contributed by atoms with Gasteiger partial charge < -0.3 is 10.3 Å². The number of hydrogen-bond acceptors (Lipinski definition) is 2. The van der Waals surface area contributed by atoms with E-state index >= 15 is 0 Å². The zero-order chi connectivity index (χ0) is 11.8. The Labute approximate surface area is 82.1 Å². The van der Waals surface area contributed by atoms with E-state index in [0.717, 1.165) is 10.8 Å². The molecule has 0 bridgehead atoms. The molecule has 0 unspecified atom stereocenters. The van der Waals surface area contributed by atoms with Gasteiger partial charge in [0.2, 0.25) is 0 Å². The van der Waals surface area contributed by atoms with E-state index < -0.39 is 28.8 Å². The second-order valence-electron chi connectivity index (χ2n) is 2.91. The molecule has 0 aromatic carbocycles. The Morgan fingerprint density at radius 2 is 2.00 bits per heavy atom. The van der Waals surface area contributed by atoms with Crippen LogP contribution in [0.5, 0.6) is 0 Å². The van der Waals surface area contributed by atoms with E-state index in [2.05, 4.69) is 0 Å². The van der Waals surface area contributed by atoms with Crippen molar-refractivity contribution in [2.45, 2.75) is 6.18 Å². The van der Waals surface area contributed by atoms with Crippen LogP contribution in [0, 0.1) is 0 Å². The van der Waals surface area contributed by atoms with Crippen molar-refractivity contribution >= 4 is 5.91 Å². The topological polar surface area (TPSA) is 65.1 Å². The van der Waals surface area contributed by atoms with Crippen molar-refractivity contribution in [3.63, 3.8) is 0 Å². The van der Waals surface area contributed by atoms with Gasteiger partial charge in [-0.25, -0.2) is 0 Å². The van der Waals surface area contributed by atoms with Crippen LogP contribution >= 0.6 is 0 Å². The third-order valence-electron chi connectivity index (χ3n) is 1.80. The molecule has 82 valence electrons. The highest BCUT2D eigenvalue weighted by Crippen LogP contribution is 2.30. The number of aryl methyl sites for hydroxylation is 1. The van der Waals surface area contributed by atoms with Crippen molar-refractivity contribution in [1.82, 2.24) is 4.57 Å². The molecule has 0 saturated heterocycles. The average Bonchev–Trinajstić information content (AvgIpc) is 2.06. The quantitative estimate of drug-likeness (QED) is 0.749. The van der Waals surface area contributed by atoms with Crippen molar-refractivity contribution < 1.29 is 18.0 Å². The summed E-state index contributed by atoms with van der Waals surface area (Å²) in [4.78, 5) is 21.7. The van der Waals surface area contributed by atoms with E-state index in [1.54, 1.807) is 0 Å². The predicted molar refractivity (Wildman–Crippen MR) is 45.2 cm³/mol. The van der Waals surface area contributed by atoms with Crippen LogP contribution in [-0.4, -0.2) is 10.5 Å². The van der Waals surface area contributed by atoms with E-state index in [4.69, 9.17) is 5.73 Å². The number of aromatic nitrogens is 1. The molecule has 7 heteroatoms. The van der Waals surface area contributed by atoms with Crippen LogP contribution in [0.4, 0.5) is 13.2 Å². The van der Waals surface area contributed by atoms with Gasteiger partial charge in [0, 0.05) is 19.3 Å². The lowest BCUT2D eigenvalue weighted by Crippen LogP contribution is -2.26. The third-order valence-corrected chi connectivity index (χ3v) is 1.80. The van der Waals surface area contributed by atoms with Gasteiger partial charge in [0.25, 0.3) is 11.5 Å². The summed E-state index contributed by atoms with van der Waals surface area (Å²) >= 11 is 0. The standard InChI is InChI=1S/C8H7F3N2O2/c1-13-3-4(7(12)15)5(2-6(13)14)8(9,10)11/h2-3H,1H3,(H2,12,15). The number of alkyl halides is 3. The molecule has 0 spiro atoms. The summed E-state index contributed by atoms with van der Waals surface area (Å²) in [6, 6.07) is 0.347. The number of nitrogens with two attached hydrogens (primary N) is 1. The molecule has 4 nitrogen and oxygen atoms in total. The van der Waals surface area contributed by atoms with Crippen molar-refractivity contribution in [2.75, 3.05) is 0 Å². The molecule has 0 aliphatic carbocycles. The number of hydrogen-bond donors (Lipinski definition) is 1. The van der Waals surface area contributed by atoms with Gasteiger partial charge in [0.15, 0.2) is 0 Å². The highest BCUT2D eigenvalue weighted by Gasteiger charge is 2.35. The van der Waals surface area contributed by atoms with Crippen LogP contribution in [0.1, 0.15) is 15.9 Å². The number of carbonyl (C=O) groups excluding carboxylic acids is 1. The van der Waals surface area contributed by atoms with E-state index in [0.29, 0.717) is 6.07 Å². The number of carbonyl (C=O) groups is 1. The van der Waals surface area contributed by atoms with E-state index in [1.807, 2.05) is 0 Å². The lowest BCUT2D eigenvalue weighted by Gasteiger charge is -2.11. The first kappa shape index (κ1) is 11.3. The lowest BCUT2D eigenvalue weighted by atomic mass is 10.1. The molecule has 0 aliphatic heterocycles. The van der Waals surface area contributed by atoms with Crippen molar-refractivity contribution in [3.8, 4) is 0 Å². The molecule has 1 amide bonds. The van der Waals surface area contributed by atoms with Crippen LogP contribution < -0.4 is 11.3 Å². The second kappa shape index (κ2) is 3.41. The summed E-state index contributed by atoms with van der Waals surface area (Å²) in [5, 5.41) is 0. The first-order chi connectivity index (χ1) is 6.73. The van der Waals surface area contributed by atoms with Crippen LogP contribution in [0.2, 0.25) is 0 Å². The first-order valence-corrected chi connectivity index (χ1v) is 3.81. The minimum atomic E-state index is -4.77. The number of nitrogens with zero attached hydrogens (tertiary/aromatic N) is 1. The maximum atomic E-state index is 12.4. The summed E-state index contributed by atoms with van der Waals surface area (Å²) in [5.41, 5.74) is 1.90. The van der Waals surface area contributed by atoms with Gasteiger partial charge in [-0.3, -0.25) is 9.59 Å². The van der Waals surface area contributed by atoms with Gasteiger partial charge in [0.1, 0.15) is 0 Å². The van der Waals surface area contributed by atoms with Crippen LogP contribution in [0.25, 0.3) is 0 Å². The SMILES string of the molecule is Cn1cc(C(N)=O)c(C(F)(F)F)cc1=O. The largest absolute Gasteiger partial charge is 0.417 e. The lowest BCUT2D eigenvalue weighted by molar-refractivity contribution is -0.138. The summed E-state index contributed by atoms with van der Waals surface area (Å²) in [5.74, 6) is -1.22. The Morgan fingerprint density at radius 3 is 2.40 bits per heavy atom. The number of halogens is 3. The van der Waals surface area contributed by atoms with Crippen LogP contribution in [0.15, 0.2) is 17.1 Å². The molecule has 0 fully saturated rings. The smallest absolute Gasteiger partial charge is 0.366 e. The zero-order valence-electron chi connectivity index (χ0n) is 7.63. The molecule has 1 aromatic heterocycles. The average molecular weight is 220 g/mol.